The lowest BCUT2D eigenvalue weighted by atomic mass is 10.1. The van der Waals surface area contributed by atoms with Crippen LogP contribution in [0.3, 0.4) is 0 Å². The number of hydrogen-bond acceptors (Lipinski definition) is 2. The lowest BCUT2D eigenvalue weighted by molar-refractivity contribution is 0.0773. The molecule has 1 amide bonds. The summed E-state index contributed by atoms with van der Waals surface area (Å²) in [6, 6.07) is 13.1. The van der Waals surface area contributed by atoms with Gasteiger partial charge in [0.15, 0.2) is 0 Å². The van der Waals surface area contributed by atoms with Crippen LogP contribution < -0.4 is 4.74 Å². The minimum atomic E-state index is 0.00602. The first-order valence-corrected chi connectivity index (χ1v) is 7.55. The maximum Gasteiger partial charge on any atom is 0.253 e. The molecule has 0 saturated heterocycles. The summed E-state index contributed by atoms with van der Waals surface area (Å²) >= 11 is 5.82. The highest BCUT2D eigenvalue weighted by Crippen LogP contribution is 2.15. The molecule has 0 aliphatic carbocycles. The molecule has 3 nitrogen and oxygen atoms in total. The van der Waals surface area contributed by atoms with Gasteiger partial charge in [-0.2, -0.15) is 0 Å². The van der Waals surface area contributed by atoms with Gasteiger partial charge in [0.2, 0.25) is 0 Å². The largest absolute Gasteiger partial charge is 0.492 e. The predicted molar refractivity (Wildman–Crippen MR) is 89.8 cm³/mol. The van der Waals surface area contributed by atoms with Crippen LogP contribution in [0.4, 0.5) is 0 Å². The highest BCUT2D eigenvalue weighted by atomic mass is 35.5. The van der Waals surface area contributed by atoms with Crippen LogP contribution in [0, 0.1) is 13.8 Å². The van der Waals surface area contributed by atoms with Gasteiger partial charge in [-0.05, 0) is 50.2 Å². The molecule has 0 spiro atoms. The van der Waals surface area contributed by atoms with Crippen molar-refractivity contribution < 1.29 is 9.53 Å². The number of halogens is 1. The summed E-state index contributed by atoms with van der Waals surface area (Å²) in [5.41, 5.74) is 2.90. The number of nitrogens with zero attached hydrogens (tertiary/aromatic N) is 1. The summed E-state index contributed by atoms with van der Waals surface area (Å²) in [5, 5.41) is 0.675. The summed E-state index contributed by atoms with van der Waals surface area (Å²) in [6.45, 7) is 4.95. The Morgan fingerprint density at radius 3 is 2.27 bits per heavy atom. The van der Waals surface area contributed by atoms with Gasteiger partial charge in [0.05, 0.1) is 6.54 Å². The molecule has 116 valence electrons. The number of ether oxygens (including phenoxy) is 1. The van der Waals surface area contributed by atoms with E-state index in [4.69, 9.17) is 16.3 Å². The van der Waals surface area contributed by atoms with E-state index in [9.17, 15) is 4.79 Å². The van der Waals surface area contributed by atoms with E-state index in [0.29, 0.717) is 23.7 Å². The lowest BCUT2D eigenvalue weighted by Crippen LogP contribution is -2.31. The van der Waals surface area contributed by atoms with Crippen molar-refractivity contribution in [2.75, 3.05) is 20.2 Å². The van der Waals surface area contributed by atoms with Crippen molar-refractivity contribution in [3.8, 4) is 5.75 Å². The first kappa shape index (κ1) is 16.4. The fraction of sp³-hybridized carbons (Fsp3) is 0.278. The third kappa shape index (κ3) is 4.50. The lowest BCUT2D eigenvalue weighted by Gasteiger charge is -2.18. The van der Waals surface area contributed by atoms with Crippen LogP contribution in [0.15, 0.2) is 42.5 Å². The zero-order chi connectivity index (χ0) is 16.1. The highest BCUT2D eigenvalue weighted by Gasteiger charge is 2.12. The fourth-order valence-electron chi connectivity index (χ4n) is 2.25. The Morgan fingerprint density at radius 1 is 1.09 bits per heavy atom. The normalized spacial score (nSPS) is 10.4. The van der Waals surface area contributed by atoms with E-state index >= 15 is 0 Å². The van der Waals surface area contributed by atoms with Crippen LogP contribution in [-0.4, -0.2) is 31.0 Å². The van der Waals surface area contributed by atoms with Crippen LogP contribution in [0.1, 0.15) is 21.5 Å². The van der Waals surface area contributed by atoms with Crippen molar-refractivity contribution >= 4 is 17.5 Å². The van der Waals surface area contributed by atoms with Gasteiger partial charge in [-0.1, -0.05) is 28.8 Å². The van der Waals surface area contributed by atoms with Gasteiger partial charge in [0.25, 0.3) is 5.91 Å². The molecule has 22 heavy (non-hydrogen) atoms. The number of likely N-dealkylation sites (N-methyl/N-ethyl adjacent to an activating group) is 1. The Morgan fingerprint density at radius 2 is 1.68 bits per heavy atom. The van der Waals surface area contributed by atoms with Crippen LogP contribution in [0.25, 0.3) is 0 Å². The molecule has 0 aliphatic heterocycles. The van der Waals surface area contributed by atoms with E-state index in [1.807, 2.05) is 38.1 Å². The second kappa shape index (κ2) is 7.32. The summed E-state index contributed by atoms with van der Waals surface area (Å²) in [7, 11) is 1.78. The van der Waals surface area contributed by atoms with E-state index in [0.717, 1.165) is 16.9 Å². The van der Waals surface area contributed by atoms with Crippen molar-refractivity contribution in [3.63, 3.8) is 0 Å². The number of rotatable bonds is 5. The number of carbonyl (C=O) groups is 1. The summed E-state index contributed by atoms with van der Waals surface area (Å²) in [5.74, 6) is 0.753. The topological polar surface area (TPSA) is 29.5 Å². The average molecular weight is 318 g/mol. The number of amides is 1. The monoisotopic (exact) mass is 317 g/mol. The second-order valence-electron chi connectivity index (χ2n) is 5.41. The molecule has 4 heteroatoms. The minimum absolute atomic E-state index is 0.00602. The Hall–Kier alpha value is -2.00. The number of carbonyl (C=O) groups excluding carboxylic acids is 1. The number of benzene rings is 2. The first-order valence-electron chi connectivity index (χ1n) is 7.18. The highest BCUT2D eigenvalue weighted by molar-refractivity contribution is 6.30. The van der Waals surface area contributed by atoms with E-state index in [-0.39, 0.29) is 5.91 Å². The van der Waals surface area contributed by atoms with Gasteiger partial charge >= 0.3 is 0 Å². The molecule has 0 N–H and O–H groups in total. The van der Waals surface area contributed by atoms with Gasteiger partial charge in [-0.15, -0.1) is 0 Å². The molecule has 2 aromatic rings. The van der Waals surface area contributed by atoms with Crippen LogP contribution in [0.2, 0.25) is 5.02 Å². The van der Waals surface area contributed by atoms with E-state index in [1.165, 1.54) is 0 Å². The Bertz CT molecular complexity index is 632. The van der Waals surface area contributed by atoms with Gasteiger partial charge in [-0.25, -0.2) is 0 Å². The molecule has 2 rings (SSSR count). The zero-order valence-corrected chi connectivity index (χ0v) is 13.9. The quantitative estimate of drug-likeness (QED) is 0.830. The molecule has 2 aromatic carbocycles. The molecule has 0 heterocycles. The molecule has 0 bridgehead atoms. The van der Waals surface area contributed by atoms with Crippen molar-refractivity contribution in [1.29, 1.82) is 0 Å². The maximum absolute atomic E-state index is 12.4. The van der Waals surface area contributed by atoms with Crippen molar-refractivity contribution in [3.05, 3.63) is 64.2 Å². The Labute approximate surface area is 136 Å². The van der Waals surface area contributed by atoms with E-state index in [2.05, 4.69) is 6.07 Å². The molecule has 0 unspecified atom stereocenters. The maximum atomic E-state index is 12.4. The van der Waals surface area contributed by atoms with Gasteiger partial charge < -0.3 is 9.64 Å². The van der Waals surface area contributed by atoms with E-state index in [1.54, 1.807) is 24.1 Å². The van der Waals surface area contributed by atoms with Crippen LogP contribution in [0.5, 0.6) is 5.75 Å². The Balaban J connectivity index is 1.89. The molecule has 0 aromatic heterocycles. The smallest absolute Gasteiger partial charge is 0.253 e. The van der Waals surface area contributed by atoms with Crippen LogP contribution in [-0.2, 0) is 0 Å². The zero-order valence-electron chi connectivity index (χ0n) is 13.1. The first-order chi connectivity index (χ1) is 10.5. The molecule has 0 aliphatic rings. The fourth-order valence-corrected chi connectivity index (χ4v) is 2.38. The molecule has 0 atom stereocenters. The molecular formula is C18H20ClNO2. The van der Waals surface area contributed by atoms with Crippen molar-refractivity contribution in [2.45, 2.75) is 13.8 Å². The molecular weight excluding hydrogens is 298 g/mol. The van der Waals surface area contributed by atoms with Gasteiger partial charge in [0, 0.05) is 17.6 Å². The third-order valence-corrected chi connectivity index (χ3v) is 3.58. The van der Waals surface area contributed by atoms with Crippen molar-refractivity contribution in [1.82, 2.24) is 4.90 Å². The average Bonchev–Trinajstić information content (AvgIpc) is 2.47. The number of aryl methyl sites for hydroxylation is 2. The summed E-state index contributed by atoms with van der Waals surface area (Å²) in [4.78, 5) is 14.1. The number of hydrogen-bond donors (Lipinski definition) is 0. The van der Waals surface area contributed by atoms with E-state index < -0.39 is 0 Å². The third-order valence-electron chi connectivity index (χ3n) is 3.32. The van der Waals surface area contributed by atoms with Gasteiger partial charge in [-0.3, -0.25) is 4.79 Å². The summed E-state index contributed by atoms with van der Waals surface area (Å²) < 4.78 is 5.61. The second-order valence-corrected chi connectivity index (χ2v) is 5.84. The van der Waals surface area contributed by atoms with Crippen molar-refractivity contribution in [2.24, 2.45) is 0 Å². The standard InChI is InChI=1S/C18H20ClNO2/c1-13-10-14(2)12-15(11-13)18(21)20(3)8-9-22-17-6-4-16(19)5-7-17/h4-7,10-12H,8-9H2,1-3H3. The van der Waals surface area contributed by atoms with Gasteiger partial charge in [0.1, 0.15) is 12.4 Å². The minimum Gasteiger partial charge on any atom is -0.492 e. The Kier molecular flexibility index (Phi) is 5.45. The molecule has 0 saturated carbocycles. The van der Waals surface area contributed by atoms with Crippen LogP contribution >= 0.6 is 11.6 Å². The molecule has 0 radical (unpaired) electrons. The predicted octanol–water partition coefficient (Wildman–Crippen LogP) is 4.11. The molecule has 0 fully saturated rings. The SMILES string of the molecule is Cc1cc(C)cc(C(=O)N(C)CCOc2ccc(Cl)cc2)c1. The summed E-state index contributed by atoms with van der Waals surface area (Å²) in [6.07, 6.45) is 0.